The van der Waals surface area contributed by atoms with Crippen LogP contribution >= 0.6 is 11.6 Å². The number of anilines is 1. The van der Waals surface area contributed by atoms with Crippen molar-refractivity contribution >= 4 is 34.7 Å². The summed E-state index contributed by atoms with van der Waals surface area (Å²) < 4.78 is 10.2. The molecule has 0 spiro atoms. The molecule has 1 aliphatic heterocycles. The first kappa shape index (κ1) is 16.1. The Morgan fingerprint density at radius 1 is 0.875 bits per heavy atom. The summed E-state index contributed by atoms with van der Waals surface area (Å²) in [5, 5.41) is -0.104. The number of carbonyl (C=O) groups excluding carboxylic acids is 2. The molecule has 5 nitrogen and oxygen atoms in total. The zero-order valence-electron chi connectivity index (χ0n) is 13.1. The summed E-state index contributed by atoms with van der Waals surface area (Å²) in [6.07, 6.45) is 0. The number of amides is 2. The van der Waals surface area contributed by atoms with Crippen molar-refractivity contribution in [1.29, 1.82) is 0 Å². The molecule has 24 heavy (non-hydrogen) atoms. The van der Waals surface area contributed by atoms with E-state index in [1.807, 2.05) is 0 Å². The van der Waals surface area contributed by atoms with Crippen LogP contribution in [0.4, 0.5) is 5.69 Å². The number of methoxy groups -OCH3 is 2. The Labute approximate surface area is 144 Å². The van der Waals surface area contributed by atoms with E-state index in [9.17, 15) is 9.59 Å². The Kier molecular flexibility index (Phi) is 4.27. The van der Waals surface area contributed by atoms with Gasteiger partial charge in [-0.15, -0.1) is 0 Å². The molecule has 0 unspecified atom stereocenters. The molecule has 2 aromatic carbocycles. The lowest BCUT2D eigenvalue weighted by molar-refractivity contribution is -0.119. The molecule has 2 amide bonds. The quantitative estimate of drug-likeness (QED) is 0.800. The highest BCUT2D eigenvalue weighted by Crippen LogP contribution is 2.36. The van der Waals surface area contributed by atoms with Crippen molar-refractivity contribution in [3.8, 4) is 11.5 Å². The van der Waals surface area contributed by atoms with Crippen LogP contribution in [0.3, 0.4) is 0 Å². The van der Waals surface area contributed by atoms with E-state index in [2.05, 4.69) is 0 Å². The van der Waals surface area contributed by atoms with Gasteiger partial charge in [0.2, 0.25) is 0 Å². The van der Waals surface area contributed by atoms with Crippen molar-refractivity contribution in [3.05, 3.63) is 59.1 Å². The van der Waals surface area contributed by atoms with Gasteiger partial charge >= 0.3 is 0 Å². The summed E-state index contributed by atoms with van der Waals surface area (Å²) in [6, 6.07) is 13.5. The summed E-state index contributed by atoms with van der Waals surface area (Å²) in [5.74, 6) is 0.170. The predicted molar refractivity (Wildman–Crippen MR) is 91.3 cm³/mol. The third-order valence-corrected chi connectivity index (χ3v) is 4.07. The third-order valence-electron chi connectivity index (χ3n) is 3.72. The van der Waals surface area contributed by atoms with E-state index >= 15 is 0 Å². The average Bonchev–Trinajstić information content (AvgIpc) is 2.84. The number of rotatable bonds is 4. The fourth-order valence-corrected chi connectivity index (χ4v) is 2.77. The summed E-state index contributed by atoms with van der Waals surface area (Å²) in [5.41, 5.74) is 1.14. The van der Waals surface area contributed by atoms with Crippen LogP contribution in [0.5, 0.6) is 11.5 Å². The molecule has 0 aromatic heterocycles. The summed E-state index contributed by atoms with van der Waals surface area (Å²) in [6.45, 7) is 0. The largest absolute Gasteiger partial charge is 0.497 e. The van der Waals surface area contributed by atoms with Crippen molar-refractivity contribution < 1.29 is 19.1 Å². The van der Waals surface area contributed by atoms with E-state index < -0.39 is 11.8 Å². The molecule has 1 aliphatic rings. The van der Waals surface area contributed by atoms with Gasteiger partial charge in [0.1, 0.15) is 16.5 Å². The third kappa shape index (κ3) is 2.63. The number of carbonyl (C=O) groups is 2. The number of ether oxygens (including phenoxy) is 2. The fraction of sp³-hybridized carbons (Fsp3) is 0.111. The van der Waals surface area contributed by atoms with Gasteiger partial charge in [-0.25, -0.2) is 4.90 Å². The smallest absolute Gasteiger partial charge is 0.277 e. The lowest BCUT2D eigenvalue weighted by Gasteiger charge is -2.15. The van der Waals surface area contributed by atoms with Gasteiger partial charge in [-0.1, -0.05) is 29.8 Å². The van der Waals surface area contributed by atoms with Gasteiger partial charge in [0, 0.05) is 6.07 Å². The molecular formula is C18H14ClNO4. The van der Waals surface area contributed by atoms with Gasteiger partial charge in [0.15, 0.2) is 0 Å². The molecule has 0 N–H and O–H groups in total. The van der Waals surface area contributed by atoms with E-state index in [1.54, 1.807) is 55.6 Å². The molecule has 1 heterocycles. The Balaban J connectivity index is 2.00. The van der Waals surface area contributed by atoms with Crippen LogP contribution in [-0.2, 0) is 9.59 Å². The maximum absolute atomic E-state index is 12.8. The minimum atomic E-state index is -0.555. The second kappa shape index (κ2) is 6.37. The highest BCUT2D eigenvalue weighted by molar-refractivity contribution is 6.60. The first-order valence-electron chi connectivity index (χ1n) is 7.14. The second-order valence-electron chi connectivity index (χ2n) is 5.06. The Hall–Kier alpha value is -2.79. The summed E-state index contributed by atoms with van der Waals surface area (Å²) in [7, 11) is 3.07. The zero-order chi connectivity index (χ0) is 17.3. The van der Waals surface area contributed by atoms with E-state index in [-0.39, 0.29) is 10.6 Å². The van der Waals surface area contributed by atoms with Crippen LogP contribution in [0.1, 0.15) is 5.56 Å². The van der Waals surface area contributed by atoms with Crippen molar-refractivity contribution in [2.24, 2.45) is 0 Å². The molecule has 0 radical (unpaired) electrons. The van der Waals surface area contributed by atoms with Gasteiger partial charge in [0.05, 0.1) is 25.5 Å². The monoisotopic (exact) mass is 343 g/mol. The fourth-order valence-electron chi connectivity index (χ4n) is 2.49. The van der Waals surface area contributed by atoms with Crippen molar-refractivity contribution in [2.75, 3.05) is 19.1 Å². The van der Waals surface area contributed by atoms with Crippen molar-refractivity contribution in [1.82, 2.24) is 0 Å². The minimum Gasteiger partial charge on any atom is -0.497 e. The average molecular weight is 344 g/mol. The number of hydrogen-bond acceptors (Lipinski definition) is 4. The topological polar surface area (TPSA) is 55.8 Å². The number of hydrogen-bond donors (Lipinski definition) is 0. The number of halogens is 1. The second-order valence-corrected chi connectivity index (χ2v) is 5.44. The molecule has 0 saturated heterocycles. The molecule has 0 saturated carbocycles. The van der Waals surface area contributed by atoms with E-state index in [0.717, 1.165) is 4.90 Å². The lowest BCUT2D eigenvalue weighted by Crippen LogP contribution is -2.31. The number of nitrogens with zero attached hydrogens (tertiary/aromatic N) is 1. The van der Waals surface area contributed by atoms with E-state index in [0.29, 0.717) is 22.7 Å². The predicted octanol–water partition coefficient (Wildman–Crippen LogP) is 3.23. The van der Waals surface area contributed by atoms with Crippen LogP contribution in [0, 0.1) is 0 Å². The SMILES string of the molecule is COc1ccc(C2=C(Cl)C(=O)N(c3cccc(OC)c3)C2=O)cc1. The molecule has 3 rings (SSSR count). The van der Waals surface area contributed by atoms with Gasteiger partial charge in [0.25, 0.3) is 11.8 Å². The zero-order valence-corrected chi connectivity index (χ0v) is 13.8. The molecule has 0 fully saturated rings. The molecular weight excluding hydrogens is 330 g/mol. The standard InChI is InChI=1S/C18H14ClNO4/c1-23-13-8-6-11(7-9-13)15-16(19)18(22)20(17(15)21)12-4-3-5-14(10-12)24-2/h3-10H,1-2H3. The highest BCUT2D eigenvalue weighted by atomic mass is 35.5. The van der Waals surface area contributed by atoms with Crippen LogP contribution in [0.25, 0.3) is 5.57 Å². The number of benzene rings is 2. The molecule has 0 atom stereocenters. The van der Waals surface area contributed by atoms with E-state index in [4.69, 9.17) is 21.1 Å². The Morgan fingerprint density at radius 2 is 1.54 bits per heavy atom. The van der Waals surface area contributed by atoms with Crippen LogP contribution in [-0.4, -0.2) is 26.0 Å². The Morgan fingerprint density at radius 3 is 2.17 bits per heavy atom. The number of imide groups is 1. The normalized spacial score (nSPS) is 14.4. The van der Waals surface area contributed by atoms with Gasteiger partial charge in [-0.2, -0.15) is 0 Å². The van der Waals surface area contributed by atoms with Crippen LogP contribution in [0.2, 0.25) is 0 Å². The summed E-state index contributed by atoms with van der Waals surface area (Å²) in [4.78, 5) is 26.3. The Bertz CT molecular complexity index is 842. The van der Waals surface area contributed by atoms with Gasteiger partial charge in [-0.05, 0) is 29.8 Å². The van der Waals surface area contributed by atoms with E-state index in [1.165, 1.54) is 7.11 Å². The maximum atomic E-state index is 12.8. The minimum absolute atomic E-state index is 0.104. The van der Waals surface area contributed by atoms with Crippen molar-refractivity contribution in [3.63, 3.8) is 0 Å². The van der Waals surface area contributed by atoms with Crippen molar-refractivity contribution in [2.45, 2.75) is 0 Å². The molecule has 0 bridgehead atoms. The first-order chi connectivity index (χ1) is 11.6. The highest BCUT2D eigenvalue weighted by Gasteiger charge is 2.39. The lowest BCUT2D eigenvalue weighted by atomic mass is 10.1. The molecule has 2 aromatic rings. The molecule has 122 valence electrons. The van der Waals surface area contributed by atoms with Gasteiger partial charge in [-0.3, -0.25) is 9.59 Å². The maximum Gasteiger partial charge on any atom is 0.277 e. The molecule has 0 aliphatic carbocycles. The molecule has 6 heteroatoms. The summed E-state index contributed by atoms with van der Waals surface area (Å²) >= 11 is 6.16. The first-order valence-corrected chi connectivity index (χ1v) is 7.51. The van der Waals surface area contributed by atoms with Crippen LogP contribution < -0.4 is 14.4 Å². The van der Waals surface area contributed by atoms with Gasteiger partial charge < -0.3 is 9.47 Å². The van der Waals surface area contributed by atoms with Crippen LogP contribution in [0.15, 0.2) is 53.6 Å².